The summed E-state index contributed by atoms with van der Waals surface area (Å²) in [5, 5.41) is 0. The second-order valence-electron chi connectivity index (χ2n) is 4.77. The zero-order valence-corrected chi connectivity index (χ0v) is 15.5. The number of benzene rings is 1. The number of ether oxygens (including phenoxy) is 2. The molecule has 1 aromatic heterocycles. The summed E-state index contributed by atoms with van der Waals surface area (Å²) in [6, 6.07) is 7.39. The summed E-state index contributed by atoms with van der Waals surface area (Å²) in [7, 11) is 1.58. The van der Waals surface area contributed by atoms with Gasteiger partial charge in [0.15, 0.2) is 11.5 Å². The molecule has 0 radical (unpaired) electrons. The van der Waals surface area contributed by atoms with Crippen LogP contribution in [-0.2, 0) is 0 Å². The fourth-order valence-electron chi connectivity index (χ4n) is 2.15. The average molecular weight is 412 g/mol. The molecule has 1 saturated heterocycles. The smallest absolute Gasteiger partial charge is 0.345 e. The molecule has 0 unspecified atom stereocenters. The molecule has 23 heavy (non-hydrogen) atoms. The van der Waals surface area contributed by atoms with E-state index in [1.807, 2.05) is 35.7 Å². The fourth-order valence-corrected chi connectivity index (χ4v) is 5.35. The van der Waals surface area contributed by atoms with Crippen molar-refractivity contribution in [1.29, 1.82) is 0 Å². The van der Waals surface area contributed by atoms with E-state index < -0.39 is 5.97 Å². The average Bonchev–Trinajstić information content (AvgIpc) is 3.09. The van der Waals surface area contributed by atoms with Crippen molar-refractivity contribution in [1.82, 2.24) is 4.98 Å². The third-order valence-corrected chi connectivity index (χ3v) is 6.76. The van der Waals surface area contributed by atoms with Crippen LogP contribution in [0.5, 0.6) is 11.5 Å². The van der Waals surface area contributed by atoms with Gasteiger partial charge in [-0.15, -0.1) is 23.5 Å². The molecule has 3 rings (SSSR count). The molecule has 0 N–H and O–H groups in total. The molecule has 120 valence electrons. The predicted molar refractivity (Wildman–Crippen MR) is 97.5 cm³/mol. The van der Waals surface area contributed by atoms with Gasteiger partial charge in [-0.1, -0.05) is 6.07 Å². The van der Waals surface area contributed by atoms with Crippen LogP contribution in [0.4, 0.5) is 0 Å². The van der Waals surface area contributed by atoms with Crippen LogP contribution in [0, 0.1) is 0 Å². The number of aromatic nitrogens is 1. The first-order chi connectivity index (χ1) is 11.2. The van der Waals surface area contributed by atoms with Gasteiger partial charge in [-0.25, -0.2) is 4.79 Å². The molecule has 1 aliphatic rings. The second kappa shape index (κ2) is 7.59. The molecular formula is C16H14BrNO3S2. The van der Waals surface area contributed by atoms with Crippen LogP contribution in [0.3, 0.4) is 0 Å². The molecule has 0 bridgehead atoms. The number of carbonyl (C=O) groups excluding carboxylic acids is 1. The molecule has 2 heterocycles. The van der Waals surface area contributed by atoms with E-state index in [-0.39, 0.29) is 0 Å². The number of methoxy groups -OCH3 is 1. The highest BCUT2D eigenvalue weighted by Crippen LogP contribution is 2.46. The van der Waals surface area contributed by atoms with E-state index in [9.17, 15) is 4.79 Å². The van der Waals surface area contributed by atoms with E-state index >= 15 is 0 Å². The van der Waals surface area contributed by atoms with Gasteiger partial charge in [0.1, 0.15) is 0 Å². The third-order valence-electron chi connectivity index (χ3n) is 3.22. The summed E-state index contributed by atoms with van der Waals surface area (Å²) < 4.78 is 12.0. The lowest BCUT2D eigenvalue weighted by Crippen LogP contribution is -2.09. The van der Waals surface area contributed by atoms with Crippen LogP contribution in [0.1, 0.15) is 20.5 Å². The summed E-state index contributed by atoms with van der Waals surface area (Å²) in [4.78, 5) is 16.2. The topological polar surface area (TPSA) is 48.4 Å². The number of rotatable bonds is 4. The van der Waals surface area contributed by atoms with E-state index in [1.54, 1.807) is 25.4 Å². The highest BCUT2D eigenvalue weighted by atomic mass is 79.9. The van der Waals surface area contributed by atoms with Crippen molar-refractivity contribution in [2.45, 2.75) is 4.58 Å². The summed E-state index contributed by atoms with van der Waals surface area (Å²) >= 11 is 7.13. The van der Waals surface area contributed by atoms with Gasteiger partial charge in [-0.05, 0) is 39.7 Å². The minimum absolute atomic E-state index is 0.382. The van der Waals surface area contributed by atoms with Crippen LogP contribution in [0.2, 0.25) is 0 Å². The zero-order chi connectivity index (χ0) is 16.2. The van der Waals surface area contributed by atoms with Gasteiger partial charge in [-0.2, -0.15) is 0 Å². The number of thioether (sulfide) groups is 2. The number of pyridine rings is 1. The first kappa shape index (κ1) is 16.7. The minimum Gasteiger partial charge on any atom is -0.493 e. The first-order valence-electron chi connectivity index (χ1n) is 6.91. The second-order valence-corrected chi connectivity index (χ2v) is 8.41. The highest BCUT2D eigenvalue weighted by molar-refractivity contribution is 9.10. The van der Waals surface area contributed by atoms with Gasteiger partial charge in [0.25, 0.3) is 0 Å². The third kappa shape index (κ3) is 4.02. The molecule has 7 heteroatoms. The van der Waals surface area contributed by atoms with E-state index in [0.717, 1.165) is 16.0 Å². The van der Waals surface area contributed by atoms with Gasteiger partial charge in [-0.3, -0.25) is 4.98 Å². The van der Waals surface area contributed by atoms with E-state index in [1.165, 1.54) is 11.8 Å². The Balaban J connectivity index is 1.80. The molecule has 2 aromatic rings. The van der Waals surface area contributed by atoms with Crippen LogP contribution >= 0.6 is 39.5 Å². The maximum absolute atomic E-state index is 12.2. The lowest BCUT2D eigenvalue weighted by molar-refractivity contribution is 0.0729. The molecule has 0 spiro atoms. The number of esters is 1. The highest BCUT2D eigenvalue weighted by Gasteiger charge is 2.21. The molecule has 1 fully saturated rings. The fraction of sp³-hybridized carbons (Fsp3) is 0.250. The Morgan fingerprint density at radius 3 is 2.70 bits per heavy atom. The maximum Gasteiger partial charge on any atom is 0.345 e. The molecule has 0 amide bonds. The van der Waals surface area contributed by atoms with Gasteiger partial charge in [0.05, 0.1) is 17.3 Å². The van der Waals surface area contributed by atoms with E-state index in [4.69, 9.17) is 9.47 Å². The maximum atomic E-state index is 12.2. The SMILES string of the molecule is COc1cc(C2SCCS2)ccc1OC(=O)c1cncc(Br)c1. The monoisotopic (exact) mass is 411 g/mol. The minimum atomic E-state index is -0.463. The van der Waals surface area contributed by atoms with Crippen LogP contribution in [0.15, 0.2) is 41.1 Å². The van der Waals surface area contributed by atoms with Gasteiger partial charge < -0.3 is 9.47 Å². The van der Waals surface area contributed by atoms with Gasteiger partial charge >= 0.3 is 5.97 Å². The Labute approximate surface area is 151 Å². The number of carbonyl (C=O) groups is 1. The van der Waals surface area contributed by atoms with Crippen molar-refractivity contribution in [3.63, 3.8) is 0 Å². The molecule has 4 nitrogen and oxygen atoms in total. The standard InChI is InChI=1S/C16H14BrNO3S2/c1-20-14-7-10(16-22-4-5-23-16)2-3-13(14)21-15(19)11-6-12(17)9-18-8-11/h2-3,6-9,16H,4-5H2,1H3. The molecule has 1 aromatic carbocycles. The zero-order valence-electron chi connectivity index (χ0n) is 12.3. The molecular weight excluding hydrogens is 398 g/mol. The van der Waals surface area contributed by atoms with Gasteiger partial charge in [0, 0.05) is 28.4 Å². The Hall–Kier alpha value is -1.18. The first-order valence-corrected chi connectivity index (χ1v) is 9.80. The number of hydrogen-bond donors (Lipinski definition) is 0. The Morgan fingerprint density at radius 2 is 2.00 bits per heavy atom. The molecule has 1 aliphatic heterocycles. The lowest BCUT2D eigenvalue weighted by Gasteiger charge is -2.13. The lowest BCUT2D eigenvalue weighted by atomic mass is 10.2. The normalized spacial score (nSPS) is 14.7. The van der Waals surface area contributed by atoms with Crippen LogP contribution < -0.4 is 9.47 Å². The summed E-state index contributed by atoms with van der Waals surface area (Å²) in [5.41, 5.74) is 1.56. The Bertz CT molecular complexity index is 720. The van der Waals surface area contributed by atoms with Crippen molar-refractivity contribution in [2.75, 3.05) is 18.6 Å². The number of nitrogens with zero attached hydrogens (tertiary/aromatic N) is 1. The van der Waals surface area contributed by atoms with E-state index in [0.29, 0.717) is 21.6 Å². The quantitative estimate of drug-likeness (QED) is 0.543. The molecule has 0 atom stereocenters. The summed E-state index contributed by atoms with van der Waals surface area (Å²) in [6.45, 7) is 0. The van der Waals surface area contributed by atoms with Crippen molar-refractivity contribution in [2.24, 2.45) is 0 Å². The Kier molecular flexibility index (Phi) is 5.50. The largest absolute Gasteiger partial charge is 0.493 e. The summed E-state index contributed by atoms with van der Waals surface area (Å²) in [5.74, 6) is 2.82. The van der Waals surface area contributed by atoms with E-state index in [2.05, 4.69) is 20.9 Å². The number of hydrogen-bond acceptors (Lipinski definition) is 6. The summed E-state index contributed by atoms with van der Waals surface area (Å²) in [6.07, 6.45) is 3.09. The van der Waals surface area contributed by atoms with Crippen molar-refractivity contribution >= 4 is 45.4 Å². The van der Waals surface area contributed by atoms with Crippen LogP contribution in [-0.4, -0.2) is 29.6 Å². The van der Waals surface area contributed by atoms with Gasteiger partial charge in [0.2, 0.25) is 0 Å². The molecule has 0 aliphatic carbocycles. The number of halogens is 1. The molecule has 0 saturated carbocycles. The Morgan fingerprint density at radius 1 is 1.22 bits per heavy atom. The predicted octanol–water partition coefficient (Wildman–Crippen LogP) is 4.55. The van der Waals surface area contributed by atoms with Crippen molar-refractivity contribution < 1.29 is 14.3 Å². The van der Waals surface area contributed by atoms with Crippen molar-refractivity contribution in [3.05, 3.63) is 52.3 Å². The van der Waals surface area contributed by atoms with Crippen LogP contribution in [0.25, 0.3) is 0 Å². The van der Waals surface area contributed by atoms with Crippen molar-refractivity contribution in [3.8, 4) is 11.5 Å².